The lowest BCUT2D eigenvalue weighted by atomic mass is 10.1. The van der Waals surface area contributed by atoms with Crippen LogP contribution >= 0.6 is 0 Å². The van der Waals surface area contributed by atoms with Gasteiger partial charge in [0.15, 0.2) is 5.65 Å². The van der Waals surface area contributed by atoms with Gasteiger partial charge in [-0.05, 0) is 56.4 Å². The fourth-order valence-electron chi connectivity index (χ4n) is 5.00. The Bertz CT molecular complexity index is 1340. The van der Waals surface area contributed by atoms with Crippen molar-refractivity contribution >= 4 is 22.6 Å². The molecule has 1 fully saturated rings. The highest BCUT2D eigenvalue weighted by Crippen LogP contribution is 2.41. The van der Waals surface area contributed by atoms with Crippen molar-refractivity contribution in [2.45, 2.75) is 51.6 Å². The number of hydrogen-bond acceptors (Lipinski definition) is 3. The Labute approximate surface area is 187 Å². The number of aryl methyl sites for hydroxylation is 1. The number of aromatic nitrogens is 3. The van der Waals surface area contributed by atoms with E-state index in [1.807, 2.05) is 52.9 Å². The zero-order chi connectivity index (χ0) is 21.8. The van der Waals surface area contributed by atoms with Crippen molar-refractivity contribution in [2.75, 3.05) is 4.90 Å². The Hall–Kier alpha value is -3.47. The van der Waals surface area contributed by atoms with Gasteiger partial charge in [0.1, 0.15) is 0 Å². The predicted molar refractivity (Wildman–Crippen MR) is 126 cm³/mol. The highest BCUT2D eigenvalue weighted by atomic mass is 16.2. The van der Waals surface area contributed by atoms with Crippen LogP contribution < -0.4 is 4.90 Å². The summed E-state index contributed by atoms with van der Waals surface area (Å²) in [5, 5.41) is 5.70. The third kappa shape index (κ3) is 3.11. The number of rotatable bonds is 4. The van der Waals surface area contributed by atoms with E-state index < -0.39 is 0 Å². The van der Waals surface area contributed by atoms with Crippen molar-refractivity contribution in [1.82, 2.24) is 14.8 Å². The van der Waals surface area contributed by atoms with Crippen LogP contribution in [0.2, 0.25) is 0 Å². The van der Waals surface area contributed by atoms with Gasteiger partial charge in [-0.2, -0.15) is 5.10 Å². The lowest BCUT2D eigenvalue weighted by Gasteiger charge is -2.23. The molecule has 0 spiro atoms. The van der Waals surface area contributed by atoms with E-state index in [-0.39, 0.29) is 11.9 Å². The van der Waals surface area contributed by atoms with Crippen LogP contribution in [0.15, 0.2) is 60.7 Å². The van der Waals surface area contributed by atoms with Crippen LogP contribution in [0.3, 0.4) is 0 Å². The number of benzene rings is 2. The van der Waals surface area contributed by atoms with Gasteiger partial charge >= 0.3 is 0 Å². The van der Waals surface area contributed by atoms with E-state index >= 15 is 0 Å². The van der Waals surface area contributed by atoms with Gasteiger partial charge in [0.05, 0.1) is 23.2 Å². The first-order chi connectivity index (χ1) is 15.6. The molecule has 0 saturated heterocycles. The highest BCUT2D eigenvalue weighted by Gasteiger charge is 2.35. The summed E-state index contributed by atoms with van der Waals surface area (Å²) in [6.07, 6.45) is 3.17. The molecule has 5 nitrogen and oxygen atoms in total. The molecule has 160 valence electrons. The molecule has 1 saturated carbocycles. The first-order valence-electron chi connectivity index (χ1n) is 11.4. The Morgan fingerprint density at radius 3 is 2.59 bits per heavy atom. The molecule has 0 radical (unpaired) electrons. The molecule has 6 rings (SSSR count). The van der Waals surface area contributed by atoms with E-state index in [1.54, 1.807) is 0 Å². The highest BCUT2D eigenvalue weighted by molar-refractivity contribution is 6.15. The molecule has 32 heavy (non-hydrogen) atoms. The van der Waals surface area contributed by atoms with E-state index in [0.717, 1.165) is 52.9 Å². The smallest absolute Gasteiger partial charge is 0.259 e. The average Bonchev–Trinajstić information content (AvgIpc) is 3.53. The van der Waals surface area contributed by atoms with Gasteiger partial charge in [-0.1, -0.05) is 48.5 Å². The first kappa shape index (κ1) is 19.2. The van der Waals surface area contributed by atoms with E-state index in [2.05, 4.69) is 31.2 Å². The summed E-state index contributed by atoms with van der Waals surface area (Å²) in [6.45, 7) is 4.76. The van der Waals surface area contributed by atoms with Crippen molar-refractivity contribution in [2.24, 2.45) is 0 Å². The van der Waals surface area contributed by atoms with Gasteiger partial charge in [-0.15, -0.1) is 0 Å². The van der Waals surface area contributed by atoms with Crippen molar-refractivity contribution < 1.29 is 4.79 Å². The number of para-hydroxylation sites is 1. The second-order valence-corrected chi connectivity index (χ2v) is 9.15. The third-order valence-corrected chi connectivity index (χ3v) is 6.72. The Kier molecular flexibility index (Phi) is 4.39. The monoisotopic (exact) mass is 422 g/mol. The number of carbonyl (C=O) groups is 1. The minimum atomic E-state index is 0.0547. The maximum Gasteiger partial charge on any atom is 0.259 e. The second kappa shape index (κ2) is 7.30. The van der Waals surface area contributed by atoms with Gasteiger partial charge < -0.3 is 4.90 Å². The van der Waals surface area contributed by atoms with Crippen molar-refractivity contribution in [3.05, 3.63) is 88.7 Å². The number of nitrogens with zero attached hydrogens (tertiary/aromatic N) is 4. The van der Waals surface area contributed by atoms with Gasteiger partial charge in [0.25, 0.3) is 5.91 Å². The summed E-state index contributed by atoms with van der Waals surface area (Å²) in [6, 6.07) is 20.7. The quantitative estimate of drug-likeness (QED) is 0.451. The third-order valence-electron chi connectivity index (χ3n) is 6.72. The molecule has 2 aromatic carbocycles. The van der Waals surface area contributed by atoms with Crippen molar-refractivity contribution in [1.29, 1.82) is 0 Å². The van der Waals surface area contributed by atoms with Gasteiger partial charge in [0, 0.05) is 23.3 Å². The molecule has 0 N–H and O–H groups in total. The van der Waals surface area contributed by atoms with Gasteiger partial charge in [0.2, 0.25) is 0 Å². The molecule has 1 aliphatic carbocycles. The summed E-state index contributed by atoms with van der Waals surface area (Å²) in [5.74, 6) is 0.508. The second-order valence-electron chi connectivity index (χ2n) is 9.15. The predicted octanol–water partition coefficient (Wildman–Crippen LogP) is 5.26. The molecule has 0 bridgehead atoms. The summed E-state index contributed by atoms with van der Waals surface area (Å²) >= 11 is 0. The number of anilines is 1. The van der Waals surface area contributed by atoms with Crippen LogP contribution in [0.4, 0.5) is 5.69 Å². The molecule has 1 aliphatic heterocycles. The van der Waals surface area contributed by atoms with Crippen LogP contribution in [-0.2, 0) is 13.0 Å². The van der Waals surface area contributed by atoms with E-state index in [4.69, 9.17) is 10.1 Å². The summed E-state index contributed by atoms with van der Waals surface area (Å²) in [7, 11) is 0. The van der Waals surface area contributed by atoms with Crippen LogP contribution in [0.25, 0.3) is 11.0 Å². The number of fused-ring (bicyclic) bond motifs is 2. The molecule has 1 unspecified atom stereocenters. The van der Waals surface area contributed by atoms with E-state index in [1.165, 1.54) is 11.1 Å². The molecule has 2 aliphatic rings. The number of carbonyl (C=O) groups excluding carboxylic acids is 1. The zero-order valence-electron chi connectivity index (χ0n) is 18.5. The minimum absolute atomic E-state index is 0.0547. The first-order valence-corrected chi connectivity index (χ1v) is 11.4. The fourth-order valence-corrected chi connectivity index (χ4v) is 5.00. The zero-order valence-corrected chi connectivity index (χ0v) is 18.5. The average molecular weight is 423 g/mol. The van der Waals surface area contributed by atoms with Gasteiger partial charge in [-0.25, -0.2) is 9.67 Å². The molecule has 5 heteroatoms. The van der Waals surface area contributed by atoms with Crippen LogP contribution in [0, 0.1) is 6.92 Å². The topological polar surface area (TPSA) is 51.0 Å². The maximum absolute atomic E-state index is 14.0. The minimum Gasteiger partial charge on any atom is -0.305 e. The number of hydrogen-bond donors (Lipinski definition) is 0. The van der Waals surface area contributed by atoms with Crippen LogP contribution in [0.1, 0.15) is 58.6 Å². The van der Waals surface area contributed by atoms with Gasteiger partial charge in [-0.3, -0.25) is 4.79 Å². The fraction of sp³-hybridized carbons (Fsp3) is 0.296. The Balaban J connectivity index is 1.50. The van der Waals surface area contributed by atoms with Crippen LogP contribution in [0.5, 0.6) is 0 Å². The molecule has 2 aromatic heterocycles. The SMILES string of the molecule is Cc1nn(Cc2ccccc2)c2nc(C3CC3)cc(C(=O)N3c4ccccc4CC3C)c12. The van der Waals surface area contributed by atoms with Crippen molar-refractivity contribution in [3.8, 4) is 0 Å². The number of amides is 1. The molecular weight excluding hydrogens is 396 g/mol. The Morgan fingerprint density at radius 2 is 1.81 bits per heavy atom. The summed E-state index contributed by atoms with van der Waals surface area (Å²) < 4.78 is 1.96. The maximum atomic E-state index is 14.0. The molecular formula is C27H26N4O. The Morgan fingerprint density at radius 1 is 1.06 bits per heavy atom. The van der Waals surface area contributed by atoms with Crippen molar-refractivity contribution in [3.63, 3.8) is 0 Å². The standard InChI is InChI=1S/C27H26N4O/c1-17-14-21-10-6-7-11-24(21)31(17)27(32)22-15-23(20-12-13-20)28-26-25(22)18(2)29-30(26)16-19-8-4-3-5-9-19/h3-11,15,17,20H,12-14,16H2,1-2H3. The largest absolute Gasteiger partial charge is 0.305 e. The lowest BCUT2D eigenvalue weighted by Crippen LogP contribution is -2.36. The van der Waals surface area contributed by atoms with E-state index in [9.17, 15) is 4.79 Å². The summed E-state index contributed by atoms with van der Waals surface area (Å²) in [4.78, 5) is 21.0. The lowest BCUT2D eigenvalue weighted by molar-refractivity contribution is 0.0983. The summed E-state index contributed by atoms with van der Waals surface area (Å²) in [5.41, 5.74) is 6.86. The molecule has 3 heterocycles. The molecule has 1 amide bonds. The van der Waals surface area contributed by atoms with E-state index in [0.29, 0.717) is 12.5 Å². The number of pyridine rings is 1. The normalized spacial score (nSPS) is 17.7. The molecule has 4 aromatic rings. The molecule has 1 atom stereocenters. The van der Waals surface area contributed by atoms with Crippen LogP contribution in [-0.4, -0.2) is 26.7 Å².